The number of carbonyl (C=O) groups is 1. The average molecular weight is 458 g/mol. The van der Waals surface area contributed by atoms with Crippen LogP contribution < -0.4 is 4.74 Å². The van der Waals surface area contributed by atoms with Gasteiger partial charge in [0.15, 0.2) is 11.2 Å². The van der Waals surface area contributed by atoms with Crippen molar-refractivity contribution in [2.45, 2.75) is 45.3 Å². The number of ether oxygens (including phenoxy) is 1. The highest BCUT2D eigenvalue weighted by molar-refractivity contribution is 5.81. The molecule has 0 spiro atoms. The SMILES string of the molecule is CCn1c(-c2cnc(C)nc2)nc2c(O[C@H]3CCN(C(=O)N4CCC(F)(F)C4)C3)ncnc21. The van der Waals surface area contributed by atoms with Crippen molar-refractivity contribution in [1.82, 2.24) is 39.3 Å². The summed E-state index contributed by atoms with van der Waals surface area (Å²) in [5.41, 5.74) is 1.90. The first-order valence-corrected chi connectivity index (χ1v) is 10.9. The molecule has 5 heterocycles. The van der Waals surface area contributed by atoms with Gasteiger partial charge in [0.25, 0.3) is 5.92 Å². The Morgan fingerprint density at radius 2 is 1.97 bits per heavy atom. The predicted octanol–water partition coefficient (Wildman–Crippen LogP) is 2.53. The third-order valence-corrected chi connectivity index (χ3v) is 5.99. The molecule has 174 valence electrons. The number of likely N-dealkylation sites (tertiary alicyclic amines) is 2. The predicted molar refractivity (Wildman–Crippen MR) is 114 cm³/mol. The van der Waals surface area contributed by atoms with E-state index in [1.165, 1.54) is 11.2 Å². The van der Waals surface area contributed by atoms with Crippen LogP contribution in [0.2, 0.25) is 0 Å². The molecule has 10 nitrogen and oxygen atoms in total. The fraction of sp³-hybridized carbons (Fsp3) is 0.524. The summed E-state index contributed by atoms with van der Waals surface area (Å²) in [6, 6.07) is -0.372. The molecule has 33 heavy (non-hydrogen) atoms. The van der Waals surface area contributed by atoms with E-state index >= 15 is 0 Å². The fourth-order valence-electron chi connectivity index (χ4n) is 4.29. The highest BCUT2D eigenvalue weighted by Gasteiger charge is 2.42. The Labute approximate surface area is 188 Å². The maximum atomic E-state index is 13.5. The van der Waals surface area contributed by atoms with E-state index in [2.05, 4.69) is 19.9 Å². The van der Waals surface area contributed by atoms with Gasteiger partial charge in [-0.25, -0.2) is 33.5 Å². The van der Waals surface area contributed by atoms with E-state index in [-0.39, 0.29) is 25.1 Å². The minimum Gasteiger partial charge on any atom is -0.471 e. The van der Waals surface area contributed by atoms with Crippen molar-refractivity contribution in [3.63, 3.8) is 0 Å². The number of carbonyl (C=O) groups excluding carboxylic acids is 1. The molecule has 2 aliphatic heterocycles. The Morgan fingerprint density at radius 1 is 1.18 bits per heavy atom. The van der Waals surface area contributed by atoms with Gasteiger partial charge >= 0.3 is 6.03 Å². The molecular weight excluding hydrogens is 434 g/mol. The number of aromatic nitrogens is 6. The maximum absolute atomic E-state index is 13.5. The maximum Gasteiger partial charge on any atom is 0.320 e. The first-order chi connectivity index (χ1) is 15.8. The van der Waals surface area contributed by atoms with Gasteiger partial charge in [-0.05, 0) is 13.8 Å². The average Bonchev–Trinajstić information content (AvgIpc) is 3.50. The largest absolute Gasteiger partial charge is 0.471 e. The van der Waals surface area contributed by atoms with Crippen LogP contribution in [-0.2, 0) is 6.54 Å². The van der Waals surface area contributed by atoms with Gasteiger partial charge in [0.2, 0.25) is 5.88 Å². The van der Waals surface area contributed by atoms with Gasteiger partial charge in [0.1, 0.15) is 24.1 Å². The summed E-state index contributed by atoms with van der Waals surface area (Å²) in [6.07, 6.45) is 4.82. The molecule has 0 radical (unpaired) electrons. The van der Waals surface area contributed by atoms with Gasteiger partial charge in [0, 0.05) is 44.9 Å². The van der Waals surface area contributed by atoms with Gasteiger partial charge in [-0.15, -0.1) is 0 Å². The number of fused-ring (bicyclic) bond motifs is 1. The quantitative estimate of drug-likeness (QED) is 0.592. The molecule has 2 fully saturated rings. The van der Waals surface area contributed by atoms with Crippen LogP contribution in [0.5, 0.6) is 5.88 Å². The lowest BCUT2D eigenvalue weighted by molar-refractivity contribution is 0.0140. The summed E-state index contributed by atoms with van der Waals surface area (Å²) in [4.78, 5) is 37.3. The summed E-state index contributed by atoms with van der Waals surface area (Å²) < 4.78 is 35.0. The highest BCUT2D eigenvalue weighted by atomic mass is 19.3. The second-order valence-electron chi connectivity index (χ2n) is 8.33. The second kappa shape index (κ2) is 8.16. The lowest BCUT2D eigenvalue weighted by atomic mass is 10.3. The number of amides is 2. The zero-order valence-corrected chi connectivity index (χ0v) is 18.4. The number of aryl methyl sites for hydroxylation is 2. The summed E-state index contributed by atoms with van der Waals surface area (Å²) in [5, 5.41) is 0. The molecule has 3 aromatic heterocycles. The van der Waals surface area contributed by atoms with Crippen LogP contribution in [0.3, 0.4) is 0 Å². The number of rotatable bonds is 4. The molecule has 12 heteroatoms. The molecule has 0 saturated carbocycles. The topological polar surface area (TPSA) is 102 Å². The number of imidazole rings is 1. The molecule has 0 aromatic carbocycles. The van der Waals surface area contributed by atoms with E-state index in [9.17, 15) is 13.6 Å². The smallest absolute Gasteiger partial charge is 0.320 e. The summed E-state index contributed by atoms with van der Waals surface area (Å²) in [7, 11) is 0. The van der Waals surface area contributed by atoms with E-state index in [0.29, 0.717) is 54.7 Å². The van der Waals surface area contributed by atoms with Crippen molar-refractivity contribution in [1.29, 1.82) is 0 Å². The molecule has 3 aromatic rings. The third-order valence-electron chi connectivity index (χ3n) is 5.99. The standard InChI is InChI=1S/C21H24F2N8O2/c1-3-31-17(14-8-24-13(2)25-9-14)28-16-18(31)26-12-27-19(16)33-15-4-6-29(10-15)20(32)30-7-5-21(22,23)11-30/h8-9,12,15H,3-7,10-11H2,1-2H3/t15-/m0/s1. The van der Waals surface area contributed by atoms with Crippen molar-refractivity contribution >= 4 is 17.2 Å². The number of alkyl halides is 2. The Morgan fingerprint density at radius 3 is 2.67 bits per heavy atom. The van der Waals surface area contributed by atoms with Crippen molar-refractivity contribution in [3.05, 3.63) is 24.5 Å². The van der Waals surface area contributed by atoms with Gasteiger partial charge in [-0.2, -0.15) is 4.98 Å². The first kappa shape index (κ1) is 21.4. The first-order valence-electron chi connectivity index (χ1n) is 10.9. The molecule has 0 aliphatic carbocycles. The Kier molecular flexibility index (Phi) is 5.29. The molecule has 5 rings (SSSR count). The van der Waals surface area contributed by atoms with Gasteiger partial charge < -0.3 is 19.1 Å². The Balaban J connectivity index is 1.35. The Hall–Kier alpha value is -3.44. The van der Waals surface area contributed by atoms with Crippen molar-refractivity contribution in [2.24, 2.45) is 0 Å². The van der Waals surface area contributed by atoms with E-state index in [1.807, 2.05) is 18.4 Å². The zero-order valence-electron chi connectivity index (χ0n) is 18.4. The number of urea groups is 1. The lowest BCUT2D eigenvalue weighted by Crippen LogP contribution is -2.42. The van der Waals surface area contributed by atoms with Gasteiger partial charge in [0.05, 0.1) is 18.7 Å². The van der Waals surface area contributed by atoms with Crippen LogP contribution in [0.25, 0.3) is 22.6 Å². The number of hydrogen-bond donors (Lipinski definition) is 0. The van der Waals surface area contributed by atoms with Crippen LogP contribution in [0.1, 0.15) is 25.6 Å². The second-order valence-corrected chi connectivity index (χ2v) is 8.33. The molecule has 0 unspecified atom stereocenters. The summed E-state index contributed by atoms with van der Waals surface area (Å²) >= 11 is 0. The summed E-state index contributed by atoms with van der Waals surface area (Å²) in [5.74, 6) is -1.15. The zero-order chi connectivity index (χ0) is 23.2. The third kappa shape index (κ3) is 4.05. The van der Waals surface area contributed by atoms with Crippen molar-refractivity contribution < 1.29 is 18.3 Å². The Bertz CT molecular complexity index is 1180. The molecule has 2 amide bonds. The molecule has 0 N–H and O–H groups in total. The van der Waals surface area contributed by atoms with Gasteiger partial charge in [-0.3, -0.25) is 0 Å². The minimum absolute atomic E-state index is 0.0698. The van der Waals surface area contributed by atoms with E-state index in [0.717, 1.165) is 5.56 Å². The van der Waals surface area contributed by atoms with E-state index in [1.54, 1.807) is 17.3 Å². The van der Waals surface area contributed by atoms with Crippen LogP contribution in [-0.4, -0.2) is 83.5 Å². The molecule has 2 aliphatic rings. The minimum atomic E-state index is -2.81. The number of hydrogen-bond acceptors (Lipinski definition) is 7. The van der Waals surface area contributed by atoms with E-state index < -0.39 is 12.5 Å². The van der Waals surface area contributed by atoms with Crippen molar-refractivity contribution in [3.8, 4) is 17.3 Å². The molecule has 2 saturated heterocycles. The number of nitrogens with zero attached hydrogens (tertiary/aromatic N) is 8. The van der Waals surface area contributed by atoms with E-state index in [4.69, 9.17) is 9.72 Å². The van der Waals surface area contributed by atoms with Gasteiger partial charge in [-0.1, -0.05) is 0 Å². The summed E-state index contributed by atoms with van der Waals surface area (Å²) in [6.45, 7) is 4.72. The lowest BCUT2D eigenvalue weighted by Gasteiger charge is -2.24. The highest BCUT2D eigenvalue weighted by Crippen LogP contribution is 2.30. The van der Waals surface area contributed by atoms with Crippen LogP contribution in [0.15, 0.2) is 18.7 Å². The van der Waals surface area contributed by atoms with Crippen LogP contribution in [0.4, 0.5) is 13.6 Å². The number of halogens is 2. The van der Waals surface area contributed by atoms with Crippen LogP contribution in [0, 0.1) is 6.92 Å². The molecule has 1 atom stereocenters. The molecular formula is C21H24F2N8O2. The monoisotopic (exact) mass is 458 g/mol. The van der Waals surface area contributed by atoms with Crippen molar-refractivity contribution in [2.75, 3.05) is 26.2 Å². The normalized spacial score (nSPS) is 20.1. The van der Waals surface area contributed by atoms with Crippen LogP contribution >= 0.6 is 0 Å². The fourth-order valence-corrected chi connectivity index (χ4v) is 4.29. The molecule has 0 bridgehead atoms.